The Bertz CT molecular complexity index is 633. The predicted octanol–water partition coefficient (Wildman–Crippen LogP) is 3.16. The molecule has 0 saturated heterocycles. The highest BCUT2D eigenvalue weighted by molar-refractivity contribution is 5.97. The molecule has 0 fully saturated rings. The van der Waals surface area contributed by atoms with Crippen LogP contribution in [0.1, 0.15) is 17.2 Å². The number of imide groups is 1. The Hall–Kier alpha value is -2.83. The molecule has 0 aromatic heterocycles. The summed E-state index contributed by atoms with van der Waals surface area (Å²) in [6.07, 6.45) is -5.12. The Balaban J connectivity index is 2.19. The van der Waals surface area contributed by atoms with Crippen molar-refractivity contribution in [3.05, 3.63) is 71.8 Å². The maximum atomic E-state index is 12.2. The van der Waals surface area contributed by atoms with Gasteiger partial charge in [0, 0.05) is 0 Å². The van der Waals surface area contributed by atoms with Crippen LogP contribution >= 0.6 is 0 Å². The van der Waals surface area contributed by atoms with Crippen LogP contribution in [-0.2, 0) is 4.79 Å². The van der Waals surface area contributed by atoms with E-state index in [-0.39, 0.29) is 0 Å². The first-order chi connectivity index (χ1) is 10.9. The lowest BCUT2D eigenvalue weighted by Gasteiger charge is -2.20. The molecule has 0 aliphatic carbocycles. The minimum Gasteiger partial charge on any atom is -0.327 e. The van der Waals surface area contributed by atoms with E-state index in [0.29, 0.717) is 11.1 Å². The van der Waals surface area contributed by atoms with Gasteiger partial charge in [-0.25, -0.2) is 4.79 Å². The van der Waals surface area contributed by atoms with Crippen LogP contribution in [0, 0.1) is 0 Å². The summed E-state index contributed by atoms with van der Waals surface area (Å²) in [5.41, 5.74) is 1.35. The molecule has 2 aromatic carbocycles. The number of amides is 3. The van der Waals surface area contributed by atoms with Gasteiger partial charge in [0.1, 0.15) is 0 Å². The van der Waals surface area contributed by atoms with Gasteiger partial charge >= 0.3 is 18.1 Å². The number of halogens is 3. The van der Waals surface area contributed by atoms with E-state index >= 15 is 0 Å². The van der Waals surface area contributed by atoms with E-state index in [9.17, 15) is 22.8 Å². The van der Waals surface area contributed by atoms with Gasteiger partial charge in [-0.3, -0.25) is 10.1 Å². The van der Waals surface area contributed by atoms with Gasteiger partial charge in [-0.15, -0.1) is 0 Å². The second-order valence-electron chi connectivity index (χ2n) is 4.68. The van der Waals surface area contributed by atoms with Crippen LogP contribution in [0.2, 0.25) is 0 Å². The Labute approximate surface area is 130 Å². The lowest BCUT2D eigenvalue weighted by Crippen LogP contribution is -2.46. The molecule has 4 nitrogen and oxygen atoms in total. The van der Waals surface area contributed by atoms with Crippen LogP contribution in [0.15, 0.2) is 60.7 Å². The minimum atomic E-state index is -5.12. The molecular formula is C16H13F3N2O2. The number of rotatable bonds is 3. The SMILES string of the molecule is O=C(NC(=O)C(F)(F)F)NC(c1ccccc1)c1ccccc1. The average Bonchev–Trinajstić information content (AvgIpc) is 2.53. The minimum absolute atomic E-state index is 0.674. The number of urea groups is 1. The van der Waals surface area contributed by atoms with E-state index < -0.39 is 24.2 Å². The summed E-state index contributed by atoms with van der Waals surface area (Å²) in [6, 6.07) is 15.5. The molecule has 3 amide bonds. The van der Waals surface area contributed by atoms with Gasteiger partial charge in [-0.2, -0.15) is 13.2 Å². The first-order valence-electron chi connectivity index (χ1n) is 6.66. The summed E-state index contributed by atoms with van der Waals surface area (Å²) in [5.74, 6) is -2.31. The van der Waals surface area contributed by atoms with Gasteiger partial charge in [-0.1, -0.05) is 60.7 Å². The molecule has 120 valence electrons. The van der Waals surface area contributed by atoms with Crippen molar-refractivity contribution in [1.82, 2.24) is 10.6 Å². The molecule has 0 atom stereocenters. The van der Waals surface area contributed by atoms with E-state index in [1.54, 1.807) is 60.7 Å². The predicted molar refractivity (Wildman–Crippen MR) is 77.5 cm³/mol. The highest BCUT2D eigenvalue weighted by atomic mass is 19.4. The van der Waals surface area contributed by atoms with E-state index in [1.165, 1.54) is 5.32 Å². The van der Waals surface area contributed by atoms with Gasteiger partial charge in [0.05, 0.1) is 6.04 Å². The van der Waals surface area contributed by atoms with Crippen molar-refractivity contribution in [2.75, 3.05) is 0 Å². The van der Waals surface area contributed by atoms with Crippen molar-refractivity contribution >= 4 is 11.9 Å². The number of hydrogen-bond donors (Lipinski definition) is 2. The zero-order valence-electron chi connectivity index (χ0n) is 11.8. The summed E-state index contributed by atoms with van der Waals surface area (Å²) in [7, 11) is 0. The Morgan fingerprint density at radius 3 is 1.65 bits per heavy atom. The van der Waals surface area contributed by atoms with E-state index in [4.69, 9.17) is 0 Å². The third kappa shape index (κ3) is 4.57. The lowest BCUT2D eigenvalue weighted by molar-refractivity contribution is -0.172. The van der Waals surface area contributed by atoms with E-state index in [1.807, 2.05) is 0 Å². The molecule has 0 aliphatic rings. The van der Waals surface area contributed by atoms with Crippen molar-refractivity contribution in [2.24, 2.45) is 0 Å². The third-order valence-corrected chi connectivity index (χ3v) is 3.03. The van der Waals surface area contributed by atoms with Crippen LogP contribution in [0.25, 0.3) is 0 Å². The van der Waals surface area contributed by atoms with Gasteiger partial charge in [0.2, 0.25) is 0 Å². The molecule has 7 heteroatoms. The maximum Gasteiger partial charge on any atom is 0.471 e. The van der Waals surface area contributed by atoms with Crippen LogP contribution < -0.4 is 10.6 Å². The fourth-order valence-corrected chi connectivity index (χ4v) is 1.99. The first kappa shape index (κ1) is 16.5. The van der Waals surface area contributed by atoms with Crippen molar-refractivity contribution in [3.63, 3.8) is 0 Å². The van der Waals surface area contributed by atoms with Gasteiger partial charge in [-0.05, 0) is 11.1 Å². The molecule has 2 rings (SSSR count). The van der Waals surface area contributed by atoms with Crippen LogP contribution in [0.4, 0.5) is 18.0 Å². The molecule has 0 radical (unpaired) electrons. The number of alkyl halides is 3. The molecule has 2 aromatic rings. The normalized spacial score (nSPS) is 11.1. The first-order valence-corrected chi connectivity index (χ1v) is 6.66. The molecule has 0 bridgehead atoms. The molecular weight excluding hydrogens is 309 g/mol. The van der Waals surface area contributed by atoms with Gasteiger partial charge in [0.25, 0.3) is 0 Å². The molecule has 0 unspecified atom stereocenters. The summed E-state index contributed by atoms with van der Waals surface area (Å²) in [6.45, 7) is 0. The van der Waals surface area contributed by atoms with Crippen LogP contribution in [0.5, 0.6) is 0 Å². The lowest BCUT2D eigenvalue weighted by atomic mass is 9.99. The fraction of sp³-hybridized carbons (Fsp3) is 0.125. The molecule has 0 aliphatic heterocycles. The number of hydrogen-bond acceptors (Lipinski definition) is 2. The largest absolute Gasteiger partial charge is 0.471 e. The summed E-state index contributed by atoms with van der Waals surface area (Å²) >= 11 is 0. The molecule has 0 spiro atoms. The number of benzene rings is 2. The molecule has 2 N–H and O–H groups in total. The average molecular weight is 322 g/mol. The summed E-state index contributed by atoms with van der Waals surface area (Å²) in [4.78, 5) is 22.5. The summed E-state index contributed by atoms with van der Waals surface area (Å²) < 4.78 is 36.6. The van der Waals surface area contributed by atoms with E-state index in [2.05, 4.69) is 5.32 Å². The topological polar surface area (TPSA) is 58.2 Å². The van der Waals surface area contributed by atoms with Crippen LogP contribution in [-0.4, -0.2) is 18.1 Å². The van der Waals surface area contributed by atoms with Crippen molar-refractivity contribution in [3.8, 4) is 0 Å². The molecule has 0 saturated carbocycles. The molecule has 0 heterocycles. The second-order valence-corrected chi connectivity index (χ2v) is 4.68. The second kappa shape index (κ2) is 6.95. The quantitative estimate of drug-likeness (QED) is 0.912. The van der Waals surface area contributed by atoms with Crippen molar-refractivity contribution in [2.45, 2.75) is 12.2 Å². The zero-order valence-corrected chi connectivity index (χ0v) is 11.8. The highest BCUT2D eigenvalue weighted by Gasteiger charge is 2.40. The Kier molecular flexibility index (Phi) is 5.00. The standard InChI is InChI=1S/C16H13F3N2O2/c17-16(18,19)14(22)21-15(23)20-13(11-7-3-1-4-8-11)12-9-5-2-6-10-12/h1-10,13H,(H2,20,21,22,23). The van der Waals surface area contributed by atoms with Crippen molar-refractivity contribution < 1.29 is 22.8 Å². The van der Waals surface area contributed by atoms with Crippen molar-refractivity contribution in [1.29, 1.82) is 0 Å². The highest BCUT2D eigenvalue weighted by Crippen LogP contribution is 2.21. The third-order valence-electron chi connectivity index (χ3n) is 3.03. The Morgan fingerprint density at radius 2 is 1.26 bits per heavy atom. The number of carbonyl (C=O) groups is 2. The Morgan fingerprint density at radius 1 is 0.826 bits per heavy atom. The fourth-order valence-electron chi connectivity index (χ4n) is 1.99. The van der Waals surface area contributed by atoms with Gasteiger partial charge < -0.3 is 5.32 Å². The molecule has 23 heavy (non-hydrogen) atoms. The zero-order chi connectivity index (χ0) is 16.9. The van der Waals surface area contributed by atoms with E-state index in [0.717, 1.165) is 0 Å². The maximum absolute atomic E-state index is 12.2. The number of nitrogens with one attached hydrogen (secondary N) is 2. The number of carbonyl (C=O) groups excluding carboxylic acids is 2. The van der Waals surface area contributed by atoms with Crippen LogP contribution in [0.3, 0.4) is 0 Å². The summed E-state index contributed by atoms with van der Waals surface area (Å²) in [5, 5.41) is 3.66. The van der Waals surface area contributed by atoms with Gasteiger partial charge in [0.15, 0.2) is 0 Å². The smallest absolute Gasteiger partial charge is 0.327 e. The monoisotopic (exact) mass is 322 g/mol.